The molecular formula is C17H21BrN2O. The van der Waals surface area contributed by atoms with Gasteiger partial charge in [0, 0.05) is 23.3 Å². The Kier molecular flexibility index (Phi) is 5.76. The maximum atomic E-state index is 5.88. The number of benzene rings is 1. The highest BCUT2D eigenvalue weighted by molar-refractivity contribution is 9.10. The van der Waals surface area contributed by atoms with Crippen LogP contribution in [0.4, 0.5) is 0 Å². The average molecular weight is 349 g/mol. The molecule has 1 heterocycles. The van der Waals surface area contributed by atoms with Crippen LogP contribution >= 0.6 is 15.9 Å². The van der Waals surface area contributed by atoms with Crippen molar-refractivity contribution in [1.82, 2.24) is 10.3 Å². The van der Waals surface area contributed by atoms with Crippen LogP contribution in [0.2, 0.25) is 0 Å². The summed E-state index contributed by atoms with van der Waals surface area (Å²) in [6, 6.07) is 8.02. The van der Waals surface area contributed by atoms with Gasteiger partial charge in [0.2, 0.25) is 5.88 Å². The van der Waals surface area contributed by atoms with Crippen molar-refractivity contribution < 1.29 is 4.74 Å². The van der Waals surface area contributed by atoms with E-state index in [0.29, 0.717) is 5.88 Å². The quantitative estimate of drug-likeness (QED) is 0.764. The van der Waals surface area contributed by atoms with Crippen LogP contribution in [0.1, 0.15) is 30.0 Å². The van der Waals surface area contributed by atoms with E-state index in [-0.39, 0.29) is 0 Å². The number of nitrogens with zero attached hydrogens (tertiary/aromatic N) is 1. The summed E-state index contributed by atoms with van der Waals surface area (Å²) in [5.41, 5.74) is 3.50. The maximum absolute atomic E-state index is 5.88. The fourth-order valence-corrected chi connectivity index (χ4v) is 2.34. The van der Waals surface area contributed by atoms with Gasteiger partial charge in [-0.1, -0.05) is 22.9 Å². The Labute approximate surface area is 134 Å². The lowest BCUT2D eigenvalue weighted by molar-refractivity contribution is 0.461. The summed E-state index contributed by atoms with van der Waals surface area (Å²) < 4.78 is 7.01. The summed E-state index contributed by atoms with van der Waals surface area (Å²) in [4.78, 5) is 4.28. The minimum atomic E-state index is 0.631. The second-order valence-corrected chi connectivity index (χ2v) is 5.95. The lowest BCUT2D eigenvalue weighted by Gasteiger charge is -2.10. The van der Waals surface area contributed by atoms with Gasteiger partial charge in [-0.3, -0.25) is 0 Å². The fourth-order valence-electron chi connectivity index (χ4n) is 2.11. The standard InChI is InChI=1S/C17H21BrN2O/c1-4-6-19-11-14-5-7-20-16(10-14)21-15-8-12(2)17(18)13(3)9-15/h5,7-10,19H,4,6,11H2,1-3H3. The van der Waals surface area contributed by atoms with Gasteiger partial charge in [0.1, 0.15) is 5.75 Å². The van der Waals surface area contributed by atoms with E-state index < -0.39 is 0 Å². The van der Waals surface area contributed by atoms with E-state index in [4.69, 9.17) is 4.74 Å². The first-order valence-corrected chi connectivity index (χ1v) is 7.99. The van der Waals surface area contributed by atoms with Crippen molar-refractivity contribution in [3.63, 3.8) is 0 Å². The van der Waals surface area contributed by atoms with Crippen LogP contribution in [0.3, 0.4) is 0 Å². The topological polar surface area (TPSA) is 34.2 Å². The van der Waals surface area contributed by atoms with E-state index in [9.17, 15) is 0 Å². The van der Waals surface area contributed by atoms with E-state index >= 15 is 0 Å². The van der Waals surface area contributed by atoms with Gasteiger partial charge in [0.05, 0.1) is 0 Å². The third-order valence-corrected chi connectivity index (χ3v) is 4.44. The van der Waals surface area contributed by atoms with E-state index in [1.807, 2.05) is 24.3 Å². The summed E-state index contributed by atoms with van der Waals surface area (Å²) >= 11 is 3.57. The lowest BCUT2D eigenvalue weighted by Crippen LogP contribution is -2.13. The molecule has 0 amide bonds. The Morgan fingerprint density at radius 1 is 1.19 bits per heavy atom. The smallest absolute Gasteiger partial charge is 0.219 e. The molecule has 0 aliphatic rings. The summed E-state index contributed by atoms with van der Waals surface area (Å²) in [7, 11) is 0. The van der Waals surface area contributed by atoms with Crippen LogP contribution in [-0.2, 0) is 6.54 Å². The first kappa shape index (κ1) is 16.0. The van der Waals surface area contributed by atoms with Crippen LogP contribution in [0, 0.1) is 13.8 Å². The molecule has 4 heteroatoms. The monoisotopic (exact) mass is 348 g/mol. The van der Waals surface area contributed by atoms with Crippen molar-refractivity contribution in [2.24, 2.45) is 0 Å². The molecule has 0 spiro atoms. The minimum absolute atomic E-state index is 0.631. The van der Waals surface area contributed by atoms with Crippen LogP contribution < -0.4 is 10.1 Å². The zero-order chi connectivity index (χ0) is 15.2. The zero-order valence-corrected chi connectivity index (χ0v) is 14.3. The van der Waals surface area contributed by atoms with Crippen LogP contribution in [-0.4, -0.2) is 11.5 Å². The molecule has 0 radical (unpaired) electrons. The molecule has 0 unspecified atom stereocenters. The van der Waals surface area contributed by atoms with E-state index in [2.05, 4.69) is 47.0 Å². The number of halogens is 1. The Hall–Kier alpha value is -1.39. The van der Waals surface area contributed by atoms with E-state index in [1.165, 1.54) is 5.56 Å². The summed E-state index contributed by atoms with van der Waals surface area (Å²) in [5.74, 6) is 1.45. The molecule has 21 heavy (non-hydrogen) atoms. The third kappa shape index (κ3) is 4.55. The molecule has 1 N–H and O–H groups in total. The van der Waals surface area contributed by atoms with Crippen molar-refractivity contribution in [3.8, 4) is 11.6 Å². The number of nitrogens with one attached hydrogen (secondary N) is 1. The molecule has 3 nitrogen and oxygen atoms in total. The molecule has 112 valence electrons. The predicted molar refractivity (Wildman–Crippen MR) is 89.9 cm³/mol. The largest absolute Gasteiger partial charge is 0.439 e. The molecule has 2 aromatic rings. The number of aromatic nitrogens is 1. The number of aryl methyl sites for hydroxylation is 2. The van der Waals surface area contributed by atoms with Gasteiger partial charge < -0.3 is 10.1 Å². The van der Waals surface area contributed by atoms with Gasteiger partial charge in [-0.25, -0.2) is 4.98 Å². The van der Waals surface area contributed by atoms with Gasteiger partial charge in [-0.2, -0.15) is 0 Å². The zero-order valence-electron chi connectivity index (χ0n) is 12.7. The molecule has 1 aromatic heterocycles. The average Bonchev–Trinajstić information content (AvgIpc) is 2.45. The SMILES string of the molecule is CCCNCc1ccnc(Oc2cc(C)c(Br)c(C)c2)c1. The van der Waals surface area contributed by atoms with E-state index in [1.54, 1.807) is 6.20 Å². The summed E-state index contributed by atoms with van der Waals surface area (Å²) in [6.07, 6.45) is 2.92. The number of rotatable bonds is 6. The fraction of sp³-hybridized carbons (Fsp3) is 0.353. The van der Waals surface area contributed by atoms with Gasteiger partial charge in [-0.15, -0.1) is 0 Å². The van der Waals surface area contributed by atoms with Gasteiger partial charge in [-0.05, 0) is 61.7 Å². The minimum Gasteiger partial charge on any atom is -0.439 e. The van der Waals surface area contributed by atoms with Crippen molar-refractivity contribution in [3.05, 3.63) is 51.6 Å². The van der Waals surface area contributed by atoms with Crippen molar-refractivity contribution in [2.45, 2.75) is 33.7 Å². The van der Waals surface area contributed by atoms with Crippen molar-refractivity contribution in [1.29, 1.82) is 0 Å². The van der Waals surface area contributed by atoms with Gasteiger partial charge in [0.15, 0.2) is 0 Å². The normalized spacial score (nSPS) is 10.7. The highest BCUT2D eigenvalue weighted by atomic mass is 79.9. The van der Waals surface area contributed by atoms with Crippen LogP contribution in [0.5, 0.6) is 11.6 Å². The molecule has 0 fully saturated rings. The second kappa shape index (κ2) is 7.57. The Balaban J connectivity index is 2.11. The second-order valence-electron chi connectivity index (χ2n) is 5.15. The molecule has 0 bridgehead atoms. The lowest BCUT2D eigenvalue weighted by atomic mass is 10.1. The highest BCUT2D eigenvalue weighted by Crippen LogP contribution is 2.28. The Bertz CT molecular complexity index is 590. The maximum Gasteiger partial charge on any atom is 0.219 e. The number of hydrogen-bond acceptors (Lipinski definition) is 3. The van der Waals surface area contributed by atoms with E-state index in [0.717, 1.165) is 40.9 Å². The van der Waals surface area contributed by atoms with Crippen LogP contribution in [0.25, 0.3) is 0 Å². The molecule has 0 atom stereocenters. The molecule has 0 saturated carbocycles. The van der Waals surface area contributed by atoms with Gasteiger partial charge in [0.25, 0.3) is 0 Å². The first-order chi connectivity index (χ1) is 10.1. The predicted octanol–water partition coefficient (Wildman–Crippen LogP) is 4.75. The number of pyridine rings is 1. The summed E-state index contributed by atoms with van der Waals surface area (Å²) in [6.45, 7) is 8.13. The van der Waals surface area contributed by atoms with Gasteiger partial charge >= 0.3 is 0 Å². The first-order valence-electron chi connectivity index (χ1n) is 7.20. The molecular weight excluding hydrogens is 328 g/mol. The number of ether oxygens (including phenoxy) is 1. The third-order valence-electron chi connectivity index (χ3n) is 3.19. The molecule has 0 aliphatic heterocycles. The van der Waals surface area contributed by atoms with Crippen molar-refractivity contribution in [2.75, 3.05) is 6.54 Å². The molecule has 2 rings (SSSR count). The molecule has 0 aliphatic carbocycles. The van der Waals surface area contributed by atoms with Crippen LogP contribution in [0.15, 0.2) is 34.9 Å². The molecule has 0 saturated heterocycles. The highest BCUT2D eigenvalue weighted by Gasteiger charge is 2.05. The Morgan fingerprint density at radius 2 is 1.90 bits per heavy atom. The number of hydrogen-bond donors (Lipinski definition) is 1. The van der Waals surface area contributed by atoms with Crippen molar-refractivity contribution >= 4 is 15.9 Å². The summed E-state index contributed by atoms with van der Waals surface area (Å²) in [5, 5.41) is 3.38. The Morgan fingerprint density at radius 3 is 2.57 bits per heavy atom. The molecule has 1 aromatic carbocycles.